The van der Waals surface area contributed by atoms with Crippen molar-refractivity contribution in [1.82, 2.24) is 10.2 Å². The van der Waals surface area contributed by atoms with Crippen molar-refractivity contribution in [2.24, 2.45) is 0 Å². The molecule has 0 fully saturated rings. The summed E-state index contributed by atoms with van der Waals surface area (Å²) in [6, 6.07) is 4.48. The molecule has 0 aliphatic heterocycles. The van der Waals surface area contributed by atoms with Crippen molar-refractivity contribution in [3.8, 4) is 5.75 Å². The van der Waals surface area contributed by atoms with Crippen LogP contribution in [0.1, 0.15) is 38.8 Å². The molecule has 0 aliphatic rings. The molecule has 0 heterocycles. The molecule has 1 unspecified atom stereocenters. The number of amides is 1. The third-order valence-electron chi connectivity index (χ3n) is 3.39. The molecule has 5 heteroatoms. The van der Waals surface area contributed by atoms with E-state index >= 15 is 0 Å². The topological polar surface area (TPSA) is 41.6 Å². The average Bonchev–Trinajstić information content (AvgIpc) is 2.49. The highest BCUT2D eigenvalue weighted by Crippen LogP contribution is 2.26. The van der Waals surface area contributed by atoms with E-state index in [4.69, 9.17) is 4.74 Å². The first-order valence-corrected chi connectivity index (χ1v) is 7.39. The Bertz CT molecular complexity index is 466. The van der Waals surface area contributed by atoms with Crippen LogP contribution in [0.4, 0.5) is 4.39 Å². The minimum Gasteiger partial charge on any atom is -0.483 e. The number of hydrogen-bond donors (Lipinski definition) is 1. The fourth-order valence-electron chi connectivity index (χ4n) is 1.89. The van der Waals surface area contributed by atoms with E-state index in [1.807, 2.05) is 13.8 Å². The summed E-state index contributed by atoms with van der Waals surface area (Å²) in [5.74, 6) is -0.0708. The number of nitrogens with one attached hydrogen (secondary N) is 1. The second kappa shape index (κ2) is 8.62. The summed E-state index contributed by atoms with van der Waals surface area (Å²) < 4.78 is 18.9. The highest BCUT2D eigenvalue weighted by molar-refractivity contribution is 5.77. The second-order valence-electron chi connectivity index (χ2n) is 5.05. The largest absolute Gasteiger partial charge is 0.483 e. The zero-order valence-electron chi connectivity index (χ0n) is 13.3. The number of nitrogens with zero attached hydrogens (tertiary/aromatic N) is 1. The molecule has 1 atom stereocenters. The number of carbonyl (C=O) groups is 1. The summed E-state index contributed by atoms with van der Waals surface area (Å²) >= 11 is 0. The van der Waals surface area contributed by atoms with Crippen molar-refractivity contribution in [2.75, 3.05) is 26.7 Å². The van der Waals surface area contributed by atoms with Gasteiger partial charge in [-0.3, -0.25) is 4.79 Å². The molecule has 0 bridgehead atoms. The molecule has 1 rings (SSSR count). The van der Waals surface area contributed by atoms with E-state index in [9.17, 15) is 9.18 Å². The van der Waals surface area contributed by atoms with Crippen LogP contribution in [0.15, 0.2) is 18.2 Å². The van der Waals surface area contributed by atoms with Crippen molar-refractivity contribution in [3.63, 3.8) is 0 Å². The van der Waals surface area contributed by atoms with Gasteiger partial charge in [-0.05, 0) is 32.9 Å². The Kier molecular flexibility index (Phi) is 7.15. The summed E-state index contributed by atoms with van der Waals surface area (Å²) in [4.78, 5) is 13.3. The van der Waals surface area contributed by atoms with E-state index in [1.54, 1.807) is 18.0 Å². The van der Waals surface area contributed by atoms with E-state index in [1.165, 1.54) is 12.1 Å². The van der Waals surface area contributed by atoms with Crippen molar-refractivity contribution in [1.29, 1.82) is 0 Å². The van der Waals surface area contributed by atoms with Gasteiger partial charge in [0.15, 0.2) is 6.61 Å². The normalized spacial score (nSPS) is 12.0. The summed E-state index contributed by atoms with van der Waals surface area (Å²) in [6.45, 7) is 7.38. The Balaban J connectivity index is 2.79. The Hall–Kier alpha value is -1.62. The van der Waals surface area contributed by atoms with Gasteiger partial charge in [-0.15, -0.1) is 0 Å². The van der Waals surface area contributed by atoms with Gasteiger partial charge in [0.2, 0.25) is 0 Å². The lowest BCUT2D eigenvalue weighted by atomic mass is 10.1. The molecule has 1 aromatic carbocycles. The number of halogens is 1. The average molecular weight is 296 g/mol. The summed E-state index contributed by atoms with van der Waals surface area (Å²) in [5, 5.41) is 3.33. The Morgan fingerprint density at radius 3 is 2.76 bits per heavy atom. The Morgan fingerprint density at radius 2 is 2.14 bits per heavy atom. The van der Waals surface area contributed by atoms with Crippen molar-refractivity contribution >= 4 is 5.91 Å². The van der Waals surface area contributed by atoms with Gasteiger partial charge in [-0.1, -0.05) is 13.0 Å². The number of carbonyl (C=O) groups excluding carboxylic acids is 1. The zero-order chi connectivity index (χ0) is 15.8. The molecule has 0 aliphatic carbocycles. The quantitative estimate of drug-likeness (QED) is 0.802. The summed E-state index contributed by atoms with van der Waals surface area (Å²) in [6.07, 6.45) is 1.02. The van der Waals surface area contributed by atoms with Crippen molar-refractivity contribution in [3.05, 3.63) is 29.6 Å². The number of ether oxygens (including phenoxy) is 1. The smallest absolute Gasteiger partial charge is 0.260 e. The van der Waals surface area contributed by atoms with E-state index in [-0.39, 0.29) is 24.4 Å². The van der Waals surface area contributed by atoms with Gasteiger partial charge in [0.05, 0.1) is 0 Å². The molecular weight excluding hydrogens is 271 g/mol. The van der Waals surface area contributed by atoms with Crippen molar-refractivity contribution in [2.45, 2.75) is 33.2 Å². The third kappa shape index (κ3) is 5.34. The molecule has 4 nitrogen and oxygen atoms in total. The minimum atomic E-state index is -0.368. The molecule has 0 radical (unpaired) electrons. The Labute approximate surface area is 126 Å². The van der Waals surface area contributed by atoms with Gasteiger partial charge in [0, 0.05) is 31.3 Å². The van der Waals surface area contributed by atoms with Gasteiger partial charge in [-0.25, -0.2) is 4.39 Å². The Morgan fingerprint density at radius 1 is 1.43 bits per heavy atom. The molecule has 1 N–H and O–H groups in total. The molecule has 1 amide bonds. The molecule has 0 saturated heterocycles. The maximum atomic E-state index is 13.4. The van der Waals surface area contributed by atoms with Crippen LogP contribution in [0, 0.1) is 5.82 Å². The SMILES string of the molecule is CCCNC(C)c1ccc(F)cc1OCC(=O)N(C)CC. The number of likely N-dealkylation sites (N-methyl/N-ethyl adjacent to an activating group) is 1. The monoisotopic (exact) mass is 296 g/mol. The highest BCUT2D eigenvalue weighted by Gasteiger charge is 2.14. The number of rotatable bonds is 8. The van der Waals surface area contributed by atoms with Gasteiger partial charge >= 0.3 is 0 Å². The number of hydrogen-bond acceptors (Lipinski definition) is 3. The molecule has 1 aromatic rings. The molecule has 0 aromatic heterocycles. The van der Waals surface area contributed by atoms with Gasteiger partial charge in [0.1, 0.15) is 11.6 Å². The van der Waals surface area contributed by atoms with Gasteiger partial charge < -0.3 is 15.0 Å². The fraction of sp³-hybridized carbons (Fsp3) is 0.562. The third-order valence-corrected chi connectivity index (χ3v) is 3.39. The summed E-state index contributed by atoms with van der Waals surface area (Å²) in [5.41, 5.74) is 0.858. The van der Waals surface area contributed by atoms with Crippen LogP contribution in [-0.2, 0) is 4.79 Å². The number of benzene rings is 1. The van der Waals surface area contributed by atoms with Crippen LogP contribution in [0.2, 0.25) is 0 Å². The minimum absolute atomic E-state index is 0.0413. The molecule has 118 valence electrons. The van der Waals surface area contributed by atoms with Crippen molar-refractivity contribution < 1.29 is 13.9 Å². The predicted molar refractivity (Wildman–Crippen MR) is 81.9 cm³/mol. The maximum Gasteiger partial charge on any atom is 0.260 e. The van der Waals surface area contributed by atoms with E-state index in [0.29, 0.717) is 12.3 Å². The zero-order valence-corrected chi connectivity index (χ0v) is 13.3. The van der Waals surface area contributed by atoms with Crippen LogP contribution < -0.4 is 10.1 Å². The second-order valence-corrected chi connectivity index (χ2v) is 5.05. The van der Waals surface area contributed by atoms with Crippen LogP contribution in [0.25, 0.3) is 0 Å². The molecule has 21 heavy (non-hydrogen) atoms. The first-order valence-electron chi connectivity index (χ1n) is 7.39. The lowest BCUT2D eigenvalue weighted by Crippen LogP contribution is -2.31. The molecular formula is C16H25FN2O2. The highest BCUT2D eigenvalue weighted by atomic mass is 19.1. The standard InChI is InChI=1S/C16H25FN2O2/c1-5-9-18-12(3)14-8-7-13(17)10-15(14)21-11-16(20)19(4)6-2/h7-8,10,12,18H,5-6,9,11H2,1-4H3. The predicted octanol–water partition coefficient (Wildman–Crippen LogP) is 2.74. The van der Waals surface area contributed by atoms with E-state index in [2.05, 4.69) is 12.2 Å². The van der Waals surface area contributed by atoms with E-state index < -0.39 is 0 Å². The van der Waals surface area contributed by atoms with Crippen LogP contribution >= 0.6 is 0 Å². The molecule has 0 spiro atoms. The maximum absolute atomic E-state index is 13.4. The van der Waals surface area contributed by atoms with Gasteiger partial charge in [-0.2, -0.15) is 0 Å². The first-order chi connectivity index (χ1) is 9.99. The van der Waals surface area contributed by atoms with Crippen LogP contribution in [0.5, 0.6) is 5.75 Å². The van der Waals surface area contributed by atoms with Crippen LogP contribution in [-0.4, -0.2) is 37.6 Å². The lowest BCUT2D eigenvalue weighted by molar-refractivity contribution is -0.131. The summed E-state index contributed by atoms with van der Waals surface area (Å²) in [7, 11) is 1.71. The van der Waals surface area contributed by atoms with Gasteiger partial charge in [0.25, 0.3) is 5.91 Å². The van der Waals surface area contributed by atoms with Crippen LogP contribution in [0.3, 0.4) is 0 Å². The molecule has 0 saturated carbocycles. The fourth-order valence-corrected chi connectivity index (χ4v) is 1.89. The first kappa shape index (κ1) is 17.4. The van der Waals surface area contributed by atoms with E-state index in [0.717, 1.165) is 18.5 Å². The lowest BCUT2D eigenvalue weighted by Gasteiger charge is -2.19.